The highest BCUT2D eigenvalue weighted by molar-refractivity contribution is 5.99. The maximum atomic E-state index is 17.1. The van der Waals surface area contributed by atoms with Crippen LogP contribution in [0.4, 0.5) is 27.4 Å². The van der Waals surface area contributed by atoms with E-state index in [1.54, 1.807) is 12.4 Å². The normalized spacial score (nSPS) is 18.1. The predicted octanol–water partition coefficient (Wildman–Crippen LogP) is 5.08. The van der Waals surface area contributed by atoms with Gasteiger partial charge in [0.2, 0.25) is 0 Å². The molecule has 0 bridgehead atoms. The summed E-state index contributed by atoms with van der Waals surface area (Å²) < 4.78 is 28.3. The molecule has 9 heteroatoms. The second-order valence-corrected chi connectivity index (χ2v) is 9.73. The highest BCUT2D eigenvalue weighted by Gasteiger charge is 2.28. The van der Waals surface area contributed by atoms with Crippen LogP contribution in [0.2, 0.25) is 0 Å². The molecular formula is C29H31FN6O2. The van der Waals surface area contributed by atoms with Gasteiger partial charge in [0.1, 0.15) is 5.69 Å². The van der Waals surface area contributed by atoms with E-state index in [0.717, 1.165) is 33.9 Å². The van der Waals surface area contributed by atoms with Crippen LogP contribution in [0.1, 0.15) is 12.5 Å². The zero-order valence-corrected chi connectivity index (χ0v) is 21.7. The van der Waals surface area contributed by atoms with Crippen molar-refractivity contribution in [3.8, 4) is 11.3 Å². The fourth-order valence-corrected chi connectivity index (χ4v) is 5.31. The first kappa shape index (κ1) is 24.5. The molecule has 1 aromatic carbocycles. The third kappa shape index (κ3) is 4.52. The summed E-state index contributed by atoms with van der Waals surface area (Å²) in [7, 11) is 0. The van der Waals surface area contributed by atoms with E-state index in [9.17, 15) is 0 Å². The van der Waals surface area contributed by atoms with Gasteiger partial charge in [-0.05, 0) is 38.1 Å². The van der Waals surface area contributed by atoms with Crippen LogP contribution in [0.15, 0.2) is 61.1 Å². The van der Waals surface area contributed by atoms with Crippen LogP contribution in [-0.2, 0) is 9.47 Å². The Bertz CT molecular complexity index is 1430. The van der Waals surface area contributed by atoms with E-state index in [-0.39, 0.29) is 6.04 Å². The Balaban J connectivity index is 1.53. The minimum Gasteiger partial charge on any atom is -0.378 e. The van der Waals surface area contributed by atoms with Crippen molar-refractivity contribution in [2.75, 3.05) is 61.0 Å². The molecule has 2 aliphatic rings. The van der Waals surface area contributed by atoms with Gasteiger partial charge in [-0.15, -0.1) is 0 Å². The summed E-state index contributed by atoms with van der Waals surface area (Å²) in [5.74, 6) is 0.601. The van der Waals surface area contributed by atoms with Gasteiger partial charge < -0.3 is 19.3 Å². The molecule has 2 saturated heterocycles. The summed E-state index contributed by atoms with van der Waals surface area (Å²) in [6, 6.07) is 13.6. The third-order valence-corrected chi connectivity index (χ3v) is 7.29. The maximum Gasteiger partial charge on any atom is 0.155 e. The van der Waals surface area contributed by atoms with Gasteiger partial charge >= 0.3 is 0 Å². The zero-order valence-electron chi connectivity index (χ0n) is 21.7. The van der Waals surface area contributed by atoms with Crippen LogP contribution in [0.25, 0.3) is 22.2 Å². The lowest BCUT2D eigenvalue weighted by molar-refractivity contribution is 0.0989. The zero-order chi connectivity index (χ0) is 26.1. The molecule has 0 N–H and O–H groups in total. The Morgan fingerprint density at radius 3 is 2.61 bits per heavy atom. The van der Waals surface area contributed by atoms with E-state index in [0.29, 0.717) is 67.9 Å². The molecule has 0 unspecified atom stereocenters. The summed E-state index contributed by atoms with van der Waals surface area (Å²) in [4.78, 5) is 18.3. The predicted molar refractivity (Wildman–Crippen MR) is 148 cm³/mol. The number of aromatic nitrogens is 3. The Labute approximate surface area is 221 Å². The summed E-state index contributed by atoms with van der Waals surface area (Å²) in [6.07, 6.45) is 5.33. The fraction of sp³-hybridized carbons (Fsp3) is 0.345. The van der Waals surface area contributed by atoms with Crippen LogP contribution < -0.4 is 14.9 Å². The topological polar surface area (TPSA) is 66.9 Å². The monoisotopic (exact) mass is 514 g/mol. The number of nitrogens with zero attached hydrogens (tertiary/aromatic N) is 6. The van der Waals surface area contributed by atoms with Crippen LogP contribution in [-0.4, -0.2) is 67.1 Å². The molecule has 0 radical (unpaired) electrons. The molecule has 4 aromatic rings. The van der Waals surface area contributed by atoms with E-state index in [4.69, 9.17) is 19.4 Å². The average molecular weight is 515 g/mol. The fourth-order valence-electron chi connectivity index (χ4n) is 5.31. The molecule has 8 nitrogen and oxygen atoms in total. The van der Waals surface area contributed by atoms with Gasteiger partial charge in [0.05, 0.1) is 55.2 Å². The van der Waals surface area contributed by atoms with Gasteiger partial charge in [-0.25, -0.2) is 9.97 Å². The van der Waals surface area contributed by atoms with Gasteiger partial charge in [-0.3, -0.25) is 4.98 Å². The second kappa shape index (κ2) is 10.5. The van der Waals surface area contributed by atoms with Gasteiger partial charge in [-0.1, -0.05) is 22.7 Å². The van der Waals surface area contributed by atoms with Crippen LogP contribution >= 0.6 is 0 Å². The summed E-state index contributed by atoms with van der Waals surface area (Å²) >= 11 is 0. The molecule has 6 rings (SSSR count). The highest BCUT2D eigenvalue weighted by atomic mass is 19.2. The number of fused-ring (bicyclic) bond motifs is 1. The number of rotatable bonds is 5. The highest BCUT2D eigenvalue weighted by Crippen LogP contribution is 2.43. The van der Waals surface area contributed by atoms with Gasteiger partial charge in [0, 0.05) is 54.6 Å². The first-order valence-corrected chi connectivity index (χ1v) is 13.0. The number of para-hydroxylation sites is 1. The Kier molecular flexibility index (Phi) is 6.78. The number of hydrogen-bond donors (Lipinski definition) is 0. The Morgan fingerprint density at radius 1 is 1.00 bits per heavy atom. The molecule has 5 heterocycles. The molecule has 3 aromatic heterocycles. The summed E-state index contributed by atoms with van der Waals surface area (Å²) in [6.45, 7) is 8.48. The molecule has 38 heavy (non-hydrogen) atoms. The second-order valence-electron chi connectivity index (χ2n) is 9.73. The van der Waals surface area contributed by atoms with Crippen molar-refractivity contribution in [1.29, 1.82) is 0 Å². The van der Waals surface area contributed by atoms with Crippen molar-refractivity contribution in [3.63, 3.8) is 0 Å². The van der Waals surface area contributed by atoms with Crippen molar-refractivity contribution < 1.29 is 14.0 Å². The molecule has 196 valence electrons. The number of anilines is 4. The number of morpholine rings is 2. The molecular weight excluding hydrogens is 483 g/mol. The quantitative estimate of drug-likeness (QED) is 0.342. The van der Waals surface area contributed by atoms with E-state index in [1.807, 2.05) is 55.6 Å². The summed E-state index contributed by atoms with van der Waals surface area (Å²) in [5.41, 5.74) is 4.73. The largest absolute Gasteiger partial charge is 0.378 e. The van der Waals surface area contributed by atoms with Gasteiger partial charge in [0.25, 0.3) is 0 Å². The summed E-state index contributed by atoms with van der Waals surface area (Å²) in [5, 5.41) is 1.53. The van der Waals surface area contributed by atoms with Gasteiger partial charge in [-0.2, -0.15) is 5.12 Å². The third-order valence-electron chi connectivity index (χ3n) is 7.29. The van der Waals surface area contributed by atoms with Crippen molar-refractivity contribution in [2.24, 2.45) is 0 Å². The lowest BCUT2D eigenvalue weighted by Crippen LogP contribution is -2.44. The van der Waals surface area contributed by atoms with Crippen LogP contribution in [0, 0.1) is 6.92 Å². The molecule has 1 atom stereocenters. The van der Waals surface area contributed by atoms with Crippen molar-refractivity contribution in [3.05, 3.63) is 66.6 Å². The number of halogens is 1. The molecule has 2 fully saturated rings. The smallest absolute Gasteiger partial charge is 0.155 e. The maximum absolute atomic E-state index is 17.1. The average Bonchev–Trinajstić information content (AvgIpc) is 2.97. The van der Waals surface area contributed by atoms with Crippen LogP contribution in [0.3, 0.4) is 0 Å². The number of ether oxygens (including phenoxy) is 2. The minimum absolute atomic E-state index is 0.168. The Morgan fingerprint density at radius 2 is 1.82 bits per heavy atom. The van der Waals surface area contributed by atoms with Crippen molar-refractivity contribution >= 4 is 33.8 Å². The van der Waals surface area contributed by atoms with E-state index in [2.05, 4.69) is 21.7 Å². The number of pyridine rings is 3. The number of benzene rings is 1. The lowest BCUT2D eigenvalue weighted by Gasteiger charge is -2.36. The standard InChI is InChI=1S/C29H31FN6O2/c1-20-19-38-15-12-35(20)23-16-26(29(32-18-23)34-10-13-37-14-11-34)36(30)28-21(2)27(22-6-5-9-31-17-22)33-25-8-4-3-7-24(25)28/h3-9,16-18,20H,10-15,19H2,1-2H3/t20-/m0/s1. The number of hydrogen-bond acceptors (Lipinski definition) is 8. The molecule has 0 spiro atoms. The van der Waals surface area contributed by atoms with Gasteiger partial charge in [0.15, 0.2) is 5.82 Å². The first-order valence-electron chi connectivity index (χ1n) is 13.0. The SMILES string of the molecule is Cc1c(-c2cccnc2)nc2ccccc2c1N(F)c1cc(N2CCOC[C@@H]2C)cnc1N1CCOCC1. The minimum atomic E-state index is 0.168. The molecule has 0 amide bonds. The van der Waals surface area contributed by atoms with Crippen LogP contribution in [0.5, 0.6) is 0 Å². The van der Waals surface area contributed by atoms with Crippen molar-refractivity contribution in [2.45, 2.75) is 19.9 Å². The molecule has 2 aliphatic heterocycles. The van der Waals surface area contributed by atoms with E-state index >= 15 is 4.48 Å². The Hall–Kier alpha value is -3.82. The van der Waals surface area contributed by atoms with Crippen molar-refractivity contribution in [1.82, 2.24) is 15.0 Å². The lowest BCUT2D eigenvalue weighted by atomic mass is 10.0. The molecule has 0 aliphatic carbocycles. The van der Waals surface area contributed by atoms with E-state index in [1.165, 1.54) is 0 Å². The first-order chi connectivity index (χ1) is 18.6. The molecule has 0 saturated carbocycles. The van der Waals surface area contributed by atoms with E-state index < -0.39 is 0 Å².